The second-order valence-corrected chi connectivity index (χ2v) is 7.66. The summed E-state index contributed by atoms with van der Waals surface area (Å²) in [5.74, 6) is 0.183. The third kappa shape index (κ3) is 5.60. The van der Waals surface area contributed by atoms with E-state index < -0.39 is 6.10 Å². The van der Waals surface area contributed by atoms with Gasteiger partial charge in [0.25, 0.3) is 11.8 Å². The van der Waals surface area contributed by atoms with Gasteiger partial charge in [0.2, 0.25) is 0 Å². The second-order valence-electron chi connectivity index (χ2n) is 7.66. The van der Waals surface area contributed by atoms with E-state index in [9.17, 15) is 9.59 Å². The first-order chi connectivity index (χ1) is 14.5. The van der Waals surface area contributed by atoms with Crippen LogP contribution in [0, 0.1) is 13.8 Å². The number of hydrogen-bond donors (Lipinski definition) is 2. The number of ether oxygens (including phenoxy) is 2. The Morgan fingerprint density at radius 3 is 2.73 bits per heavy atom. The normalized spacial score (nSPS) is 16.7. The highest BCUT2D eigenvalue weighted by Gasteiger charge is 2.22. The molecule has 0 aliphatic carbocycles. The summed E-state index contributed by atoms with van der Waals surface area (Å²) < 4.78 is 11.5. The van der Waals surface area contributed by atoms with Crippen molar-refractivity contribution in [3.8, 4) is 5.75 Å². The van der Waals surface area contributed by atoms with E-state index in [1.54, 1.807) is 24.3 Å². The molecule has 3 rings (SSSR count). The number of benzene rings is 2. The number of aryl methyl sites for hydroxylation is 2. The SMILES string of the molecule is CC[C@H](Oc1cc(C)ccc1C)C(=O)Nc1ccccc1C(=O)NC[C@H]1CCCO1. The largest absolute Gasteiger partial charge is 0.480 e. The molecular formula is C24H30N2O4. The number of nitrogens with one attached hydrogen (secondary N) is 2. The van der Waals surface area contributed by atoms with Gasteiger partial charge in [-0.25, -0.2) is 0 Å². The average molecular weight is 411 g/mol. The predicted octanol–water partition coefficient (Wildman–Crippen LogP) is 4.01. The first-order valence-corrected chi connectivity index (χ1v) is 10.5. The van der Waals surface area contributed by atoms with Crippen molar-refractivity contribution in [2.24, 2.45) is 0 Å². The summed E-state index contributed by atoms with van der Waals surface area (Å²) in [7, 11) is 0. The predicted molar refractivity (Wildman–Crippen MR) is 117 cm³/mol. The number of rotatable bonds is 8. The molecule has 2 atom stereocenters. The van der Waals surface area contributed by atoms with Crippen molar-refractivity contribution in [1.29, 1.82) is 0 Å². The van der Waals surface area contributed by atoms with Crippen molar-refractivity contribution in [2.75, 3.05) is 18.5 Å². The van der Waals surface area contributed by atoms with Gasteiger partial charge in [0.1, 0.15) is 5.75 Å². The van der Waals surface area contributed by atoms with E-state index in [-0.39, 0.29) is 17.9 Å². The summed E-state index contributed by atoms with van der Waals surface area (Å²) in [6.07, 6.45) is 1.88. The molecule has 0 radical (unpaired) electrons. The van der Waals surface area contributed by atoms with Crippen LogP contribution in [0.1, 0.15) is 47.7 Å². The second kappa shape index (κ2) is 10.3. The number of carbonyl (C=O) groups is 2. The molecule has 0 aromatic heterocycles. The Kier molecular flexibility index (Phi) is 7.46. The maximum Gasteiger partial charge on any atom is 0.265 e. The number of anilines is 1. The Bertz CT molecular complexity index is 891. The van der Waals surface area contributed by atoms with Crippen LogP contribution in [0.25, 0.3) is 0 Å². The van der Waals surface area contributed by atoms with E-state index in [1.165, 1.54) is 0 Å². The smallest absolute Gasteiger partial charge is 0.265 e. The Morgan fingerprint density at radius 2 is 2.00 bits per heavy atom. The fourth-order valence-electron chi connectivity index (χ4n) is 3.42. The zero-order chi connectivity index (χ0) is 21.5. The minimum absolute atomic E-state index is 0.0612. The van der Waals surface area contributed by atoms with Crippen molar-refractivity contribution < 1.29 is 19.1 Å². The third-order valence-corrected chi connectivity index (χ3v) is 5.22. The van der Waals surface area contributed by atoms with Crippen molar-refractivity contribution in [2.45, 2.75) is 52.2 Å². The summed E-state index contributed by atoms with van der Waals surface area (Å²) in [5, 5.41) is 5.77. The molecule has 1 heterocycles. The van der Waals surface area contributed by atoms with Gasteiger partial charge in [-0.2, -0.15) is 0 Å². The van der Waals surface area contributed by atoms with E-state index in [1.807, 2.05) is 39.0 Å². The molecule has 1 aliphatic heterocycles. The molecule has 1 aliphatic rings. The van der Waals surface area contributed by atoms with E-state index >= 15 is 0 Å². The average Bonchev–Trinajstić information content (AvgIpc) is 3.26. The number of carbonyl (C=O) groups excluding carboxylic acids is 2. The molecule has 1 fully saturated rings. The number of amides is 2. The van der Waals surface area contributed by atoms with Crippen LogP contribution in [0.15, 0.2) is 42.5 Å². The fourth-order valence-corrected chi connectivity index (χ4v) is 3.42. The van der Waals surface area contributed by atoms with Crippen LogP contribution in [-0.4, -0.2) is 37.2 Å². The van der Waals surface area contributed by atoms with Gasteiger partial charge < -0.3 is 20.1 Å². The van der Waals surface area contributed by atoms with Gasteiger partial charge >= 0.3 is 0 Å². The lowest BCUT2D eigenvalue weighted by Crippen LogP contribution is -2.35. The Hall–Kier alpha value is -2.86. The zero-order valence-electron chi connectivity index (χ0n) is 17.9. The van der Waals surface area contributed by atoms with Crippen LogP contribution in [-0.2, 0) is 9.53 Å². The molecule has 2 aromatic rings. The molecule has 2 N–H and O–H groups in total. The van der Waals surface area contributed by atoms with Crippen LogP contribution >= 0.6 is 0 Å². The lowest BCUT2D eigenvalue weighted by atomic mass is 10.1. The lowest BCUT2D eigenvalue weighted by molar-refractivity contribution is -0.122. The van der Waals surface area contributed by atoms with Gasteiger partial charge in [0.15, 0.2) is 6.10 Å². The molecule has 2 aromatic carbocycles. The highest BCUT2D eigenvalue weighted by atomic mass is 16.5. The fraction of sp³-hybridized carbons (Fsp3) is 0.417. The number of para-hydroxylation sites is 1. The summed E-state index contributed by atoms with van der Waals surface area (Å²) in [4.78, 5) is 25.6. The molecule has 2 amide bonds. The van der Waals surface area contributed by atoms with E-state index in [4.69, 9.17) is 9.47 Å². The maximum atomic E-state index is 12.9. The first kappa shape index (κ1) is 21.8. The lowest BCUT2D eigenvalue weighted by Gasteiger charge is -2.20. The molecule has 0 saturated carbocycles. The molecule has 30 heavy (non-hydrogen) atoms. The van der Waals surface area contributed by atoms with Crippen LogP contribution < -0.4 is 15.4 Å². The quantitative estimate of drug-likeness (QED) is 0.689. The van der Waals surface area contributed by atoms with Crippen LogP contribution in [0.4, 0.5) is 5.69 Å². The van der Waals surface area contributed by atoms with Gasteiger partial charge in [-0.15, -0.1) is 0 Å². The minimum atomic E-state index is -0.659. The van der Waals surface area contributed by atoms with Gasteiger partial charge in [-0.1, -0.05) is 31.2 Å². The molecular weight excluding hydrogens is 380 g/mol. The maximum absolute atomic E-state index is 12.9. The monoisotopic (exact) mass is 410 g/mol. The van der Waals surface area contributed by atoms with Crippen LogP contribution in [0.3, 0.4) is 0 Å². The molecule has 6 nitrogen and oxygen atoms in total. The van der Waals surface area contributed by atoms with E-state index in [0.717, 1.165) is 30.6 Å². The topological polar surface area (TPSA) is 76.7 Å². The standard InChI is InChI=1S/C24H30N2O4/c1-4-21(30-22-14-16(2)11-12-17(22)3)24(28)26-20-10-6-5-9-19(20)23(27)25-15-18-8-7-13-29-18/h5-6,9-12,14,18,21H,4,7-8,13,15H2,1-3H3,(H,25,27)(H,26,28)/t18-,21+/m1/s1. The van der Waals surface area contributed by atoms with Crippen molar-refractivity contribution in [1.82, 2.24) is 5.32 Å². The molecule has 1 saturated heterocycles. The van der Waals surface area contributed by atoms with E-state index in [0.29, 0.717) is 30.0 Å². The van der Waals surface area contributed by atoms with Crippen LogP contribution in [0.2, 0.25) is 0 Å². The van der Waals surface area contributed by atoms with E-state index in [2.05, 4.69) is 10.6 Å². The van der Waals surface area contributed by atoms with Crippen LogP contribution in [0.5, 0.6) is 5.75 Å². The summed E-state index contributed by atoms with van der Waals surface area (Å²) in [6.45, 7) is 7.04. The van der Waals surface area contributed by atoms with Gasteiger partial charge in [0, 0.05) is 13.2 Å². The summed E-state index contributed by atoms with van der Waals surface area (Å²) in [6, 6.07) is 12.9. The van der Waals surface area contributed by atoms with Crippen molar-refractivity contribution in [3.63, 3.8) is 0 Å². The Labute approximate surface area is 178 Å². The minimum Gasteiger partial charge on any atom is -0.480 e. The summed E-state index contributed by atoms with van der Waals surface area (Å²) >= 11 is 0. The molecule has 0 bridgehead atoms. The van der Waals surface area contributed by atoms with Gasteiger partial charge in [-0.3, -0.25) is 9.59 Å². The van der Waals surface area contributed by atoms with Gasteiger partial charge in [-0.05, 0) is 62.4 Å². The molecule has 0 spiro atoms. The van der Waals surface area contributed by atoms with Crippen molar-refractivity contribution in [3.05, 3.63) is 59.2 Å². The molecule has 6 heteroatoms. The Morgan fingerprint density at radius 1 is 1.20 bits per heavy atom. The summed E-state index contributed by atoms with van der Waals surface area (Å²) in [5.41, 5.74) is 2.93. The van der Waals surface area contributed by atoms with Gasteiger partial charge in [0.05, 0.1) is 17.4 Å². The first-order valence-electron chi connectivity index (χ1n) is 10.5. The highest BCUT2D eigenvalue weighted by Crippen LogP contribution is 2.22. The number of hydrogen-bond acceptors (Lipinski definition) is 4. The van der Waals surface area contributed by atoms with Crippen molar-refractivity contribution >= 4 is 17.5 Å². The highest BCUT2D eigenvalue weighted by molar-refractivity contribution is 6.04. The molecule has 0 unspecified atom stereocenters. The third-order valence-electron chi connectivity index (χ3n) is 5.22. The molecule has 160 valence electrons. The zero-order valence-corrected chi connectivity index (χ0v) is 17.9. The Balaban J connectivity index is 1.67.